The van der Waals surface area contributed by atoms with Crippen molar-refractivity contribution in [3.8, 4) is 0 Å². The molecule has 64 valence electrons. The van der Waals surface area contributed by atoms with Gasteiger partial charge in [-0.05, 0) is 25.2 Å². The molecule has 0 aromatic carbocycles. The Hall–Kier alpha value is -0.570. The molecule has 1 aliphatic carbocycles. The highest BCUT2D eigenvalue weighted by Gasteiger charge is 2.30. The Morgan fingerprint density at radius 3 is 2.64 bits per heavy atom. The summed E-state index contributed by atoms with van der Waals surface area (Å²) in [6.45, 7) is 1.97. The first kappa shape index (κ1) is 8.53. The Morgan fingerprint density at radius 2 is 2.18 bits per heavy atom. The van der Waals surface area contributed by atoms with Gasteiger partial charge in [0.2, 0.25) is 0 Å². The molecule has 0 saturated heterocycles. The number of hydrogen-bond acceptors (Lipinski definition) is 2. The van der Waals surface area contributed by atoms with Crippen LogP contribution in [-0.4, -0.2) is 17.1 Å². The maximum atomic E-state index is 10.6. The number of aliphatic carboxylic acids is 1. The number of carbonyl (C=O) groups is 1. The summed E-state index contributed by atoms with van der Waals surface area (Å²) in [4.78, 5) is 10.6. The first-order valence-corrected chi connectivity index (χ1v) is 4.09. The lowest BCUT2D eigenvalue weighted by atomic mass is 9.78. The fraction of sp³-hybridized carbons (Fsp3) is 0.875. The highest BCUT2D eigenvalue weighted by Crippen LogP contribution is 2.28. The maximum Gasteiger partial charge on any atom is 0.306 e. The standard InChI is InChI=1S/C8H15NO2/c1-5-4-6(9)2-3-7(5)8(10)11/h5-7H,2-4,9H2,1H3,(H,10,11)/t5-,6+,7-/m0/s1. The molecule has 0 aromatic rings. The van der Waals surface area contributed by atoms with Crippen LogP contribution in [0.2, 0.25) is 0 Å². The van der Waals surface area contributed by atoms with Crippen LogP contribution in [0.15, 0.2) is 0 Å². The summed E-state index contributed by atoms with van der Waals surface area (Å²) < 4.78 is 0. The smallest absolute Gasteiger partial charge is 0.306 e. The van der Waals surface area contributed by atoms with Crippen LogP contribution in [0.3, 0.4) is 0 Å². The first-order valence-electron chi connectivity index (χ1n) is 4.09. The quantitative estimate of drug-likeness (QED) is 0.592. The normalized spacial score (nSPS) is 38.5. The van der Waals surface area contributed by atoms with Gasteiger partial charge in [0.1, 0.15) is 0 Å². The van der Waals surface area contributed by atoms with Gasteiger partial charge in [0.15, 0.2) is 0 Å². The van der Waals surface area contributed by atoms with Crippen LogP contribution in [0.5, 0.6) is 0 Å². The highest BCUT2D eigenvalue weighted by molar-refractivity contribution is 5.70. The van der Waals surface area contributed by atoms with E-state index in [-0.39, 0.29) is 17.9 Å². The summed E-state index contributed by atoms with van der Waals surface area (Å²) in [7, 11) is 0. The van der Waals surface area contributed by atoms with Crippen LogP contribution >= 0.6 is 0 Å². The summed E-state index contributed by atoms with van der Waals surface area (Å²) >= 11 is 0. The summed E-state index contributed by atoms with van der Waals surface area (Å²) in [6, 6.07) is 0.223. The predicted octanol–water partition coefficient (Wildman–Crippen LogP) is 0.834. The number of carboxylic acid groups (broad SMARTS) is 1. The van der Waals surface area contributed by atoms with Crippen molar-refractivity contribution in [2.45, 2.75) is 32.2 Å². The van der Waals surface area contributed by atoms with Crippen molar-refractivity contribution in [1.29, 1.82) is 0 Å². The Kier molecular flexibility index (Phi) is 2.49. The van der Waals surface area contributed by atoms with E-state index in [1.54, 1.807) is 0 Å². The fourth-order valence-corrected chi connectivity index (χ4v) is 1.80. The molecule has 1 saturated carbocycles. The van der Waals surface area contributed by atoms with Gasteiger partial charge in [-0.1, -0.05) is 6.92 Å². The van der Waals surface area contributed by atoms with Crippen LogP contribution in [0.1, 0.15) is 26.2 Å². The minimum absolute atomic E-state index is 0.158. The minimum atomic E-state index is -0.663. The molecule has 0 amide bonds. The molecule has 0 bridgehead atoms. The number of hydrogen-bond donors (Lipinski definition) is 2. The zero-order valence-corrected chi connectivity index (χ0v) is 6.79. The van der Waals surface area contributed by atoms with Crippen molar-refractivity contribution < 1.29 is 9.90 Å². The van der Waals surface area contributed by atoms with Crippen LogP contribution in [-0.2, 0) is 4.79 Å². The zero-order valence-electron chi connectivity index (χ0n) is 6.79. The van der Waals surface area contributed by atoms with Crippen LogP contribution < -0.4 is 5.73 Å². The molecular formula is C8H15NO2. The first-order chi connectivity index (χ1) is 5.11. The molecule has 3 heteroatoms. The molecule has 0 aliphatic heterocycles. The third-order valence-corrected chi connectivity index (χ3v) is 2.53. The van der Waals surface area contributed by atoms with Crippen molar-refractivity contribution in [3.63, 3.8) is 0 Å². The van der Waals surface area contributed by atoms with Gasteiger partial charge in [0, 0.05) is 6.04 Å². The second-order valence-electron chi connectivity index (χ2n) is 3.50. The fourth-order valence-electron chi connectivity index (χ4n) is 1.80. The summed E-state index contributed by atoms with van der Waals surface area (Å²) in [5.41, 5.74) is 5.69. The lowest BCUT2D eigenvalue weighted by Crippen LogP contribution is -2.35. The van der Waals surface area contributed by atoms with Crippen molar-refractivity contribution in [2.75, 3.05) is 0 Å². The van der Waals surface area contributed by atoms with Gasteiger partial charge in [-0.2, -0.15) is 0 Å². The number of rotatable bonds is 1. The van der Waals surface area contributed by atoms with Gasteiger partial charge in [-0.15, -0.1) is 0 Å². The summed E-state index contributed by atoms with van der Waals surface area (Å²) in [5.74, 6) is -0.574. The Balaban J connectivity index is 2.50. The van der Waals surface area contributed by atoms with Crippen LogP contribution in [0.4, 0.5) is 0 Å². The van der Waals surface area contributed by atoms with E-state index in [9.17, 15) is 4.79 Å². The third kappa shape index (κ3) is 1.93. The summed E-state index contributed by atoms with van der Waals surface area (Å²) in [5, 5.41) is 8.75. The number of carboxylic acids is 1. The Morgan fingerprint density at radius 1 is 1.55 bits per heavy atom. The predicted molar refractivity (Wildman–Crippen MR) is 42.1 cm³/mol. The van der Waals surface area contributed by atoms with Crippen molar-refractivity contribution in [1.82, 2.24) is 0 Å². The second-order valence-corrected chi connectivity index (χ2v) is 3.50. The van der Waals surface area contributed by atoms with Gasteiger partial charge >= 0.3 is 5.97 Å². The van der Waals surface area contributed by atoms with E-state index in [2.05, 4.69) is 0 Å². The molecule has 11 heavy (non-hydrogen) atoms. The molecule has 3 N–H and O–H groups in total. The molecule has 0 aromatic heterocycles. The van der Waals surface area contributed by atoms with Gasteiger partial charge in [0.25, 0.3) is 0 Å². The summed E-state index contributed by atoms with van der Waals surface area (Å²) in [6.07, 6.45) is 2.47. The average Bonchev–Trinajstić information content (AvgIpc) is 1.85. The lowest BCUT2D eigenvalue weighted by molar-refractivity contribution is -0.144. The molecule has 0 spiro atoms. The van der Waals surface area contributed by atoms with E-state index in [0.29, 0.717) is 0 Å². The van der Waals surface area contributed by atoms with Crippen molar-refractivity contribution in [2.24, 2.45) is 17.6 Å². The molecule has 1 aliphatic rings. The van der Waals surface area contributed by atoms with Gasteiger partial charge < -0.3 is 10.8 Å². The molecule has 1 fully saturated rings. The number of nitrogens with two attached hydrogens (primary N) is 1. The largest absolute Gasteiger partial charge is 0.481 e. The van der Waals surface area contributed by atoms with Crippen LogP contribution in [0.25, 0.3) is 0 Å². The van der Waals surface area contributed by atoms with E-state index >= 15 is 0 Å². The van der Waals surface area contributed by atoms with Crippen LogP contribution in [0, 0.1) is 11.8 Å². The highest BCUT2D eigenvalue weighted by atomic mass is 16.4. The van der Waals surface area contributed by atoms with Crippen molar-refractivity contribution in [3.05, 3.63) is 0 Å². The topological polar surface area (TPSA) is 63.3 Å². The van der Waals surface area contributed by atoms with E-state index in [0.717, 1.165) is 19.3 Å². The monoisotopic (exact) mass is 157 g/mol. The second kappa shape index (κ2) is 3.22. The van der Waals surface area contributed by atoms with E-state index in [1.807, 2.05) is 6.92 Å². The van der Waals surface area contributed by atoms with E-state index in [4.69, 9.17) is 10.8 Å². The molecule has 0 heterocycles. The van der Waals surface area contributed by atoms with E-state index < -0.39 is 5.97 Å². The minimum Gasteiger partial charge on any atom is -0.481 e. The Labute approximate surface area is 66.6 Å². The molecule has 0 radical (unpaired) electrons. The maximum absolute atomic E-state index is 10.6. The molecule has 0 unspecified atom stereocenters. The Bertz CT molecular complexity index is 158. The molecule has 3 atom stereocenters. The molecule has 1 rings (SSSR count). The third-order valence-electron chi connectivity index (χ3n) is 2.53. The molecular weight excluding hydrogens is 142 g/mol. The zero-order chi connectivity index (χ0) is 8.43. The lowest BCUT2D eigenvalue weighted by Gasteiger charge is -2.29. The van der Waals surface area contributed by atoms with Crippen molar-refractivity contribution >= 4 is 5.97 Å². The van der Waals surface area contributed by atoms with Gasteiger partial charge in [0.05, 0.1) is 5.92 Å². The molecule has 3 nitrogen and oxygen atoms in total. The van der Waals surface area contributed by atoms with Gasteiger partial charge in [-0.3, -0.25) is 4.79 Å². The average molecular weight is 157 g/mol. The van der Waals surface area contributed by atoms with E-state index in [1.165, 1.54) is 0 Å². The van der Waals surface area contributed by atoms with Gasteiger partial charge in [-0.25, -0.2) is 0 Å². The SMILES string of the molecule is C[C@H]1C[C@H](N)CC[C@@H]1C(=O)O.